The van der Waals surface area contributed by atoms with E-state index in [0.717, 1.165) is 22.2 Å². The number of rotatable bonds is 1. The maximum atomic E-state index is 12.4. The van der Waals surface area contributed by atoms with Gasteiger partial charge in [-0.3, -0.25) is 4.79 Å². The van der Waals surface area contributed by atoms with Crippen LogP contribution in [-0.4, -0.2) is 15.6 Å². The van der Waals surface area contributed by atoms with E-state index in [9.17, 15) is 14.7 Å². The van der Waals surface area contributed by atoms with Gasteiger partial charge in [-0.2, -0.15) is 0 Å². The van der Waals surface area contributed by atoms with Crippen molar-refractivity contribution in [2.45, 2.75) is 27.7 Å². The summed E-state index contributed by atoms with van der Waals surface area (Å²) in [6, 6.07) is 1.94. The predicted octanol–water partition coefficient (Wildman–Crippen LogP) is 2.47. The van der Waals surface area contributed by atoms with Gasteiger partial charge in [-0.05, 0) is 50.5 Å². The van der Waals surface area contributed by atoms with Crippen molar-refractivity contribution in [3.05, 3.63) is 44.2 Å². The van der Waals surface area contributed by atoms with Crippen LogP contribution in [0.2, 0.25) is 0 Å². The van der Waals surface area contributed by atoms with E-state index in [-0.39, 0.29) is 38.3 Å². The third kappa shape index (κ3) is 2.35. The van der Waals surface area contributed by atoms with E-state index in [4.69, 9.17) is 0 Å². The maximum Gasteiger partial charge on any atom is 0.341 e. The Kier molecular flexibility index (Phi) is 4.93. The normalized spacial score (nSPS) is 10.4. The number of carbonyl (C=O) groups is 1. The van der Waals surface area contributed by atoms with Crippen LogP contribution in [0.25, 0.3) is 10.9 Å². The Morgan fingerprint density at radius 3 is 2.20 bits per heavy atom. The Bertz CT molecular complexity index is 775. The van der Waals surface area contributed by atoms with Gasteiger partial charge in [0.15, 0.2) is 0 Å². The van der Waals surface area contributed by atoms with Gasteiger partial charge in [-0.15, -0.1) is 0 Å². The second-order valence-corrected chi connectivity index (χ2v) is 4.99. The van der Waals surface area contributed by atoms with E-state index < -0.39 is 11.4 Å². The van der Waals surface area contributed by atoms with Crippen LogP contribution in [0.5, 0.6) is 0 Å². The summed E-state index contributed by atoms with van der Waals surface area (Å²) >= 11 is 0. The molecule has 2 rings (SSSR count). The number of pyridine rings is 1. The number of nitrogens with zero attached hydrogens (tertiary/aromatic N) is 1. The molecule has 1 aromatic carbocycles. The number of carboxylic acid groups (broad SMARTS) is 1. The molecule has 0 spiro atoms. The van der Waals surface area contributed by atoms with Crippen LogP contribution in [0.4, 0.5) is 0 Å². The van der Waals surface area contributed by atoms with Crippen LogP contribution >= 0.6 is 0 Å². The van der Waals surface area contributed by atoms with E-state index in [1.165, 1.54) is 0 Å². The zero-order valence-electron chi connectivity index (χ0n) is 12.4. The third-order valence-corrected chi connectivity index (χ3v) is 4.03. The van der Waals surface area contributed by atoms with Crippen LogP contribution in [0.3, 0.4) is 0 Å². The molecule has 0 unspecified atom stereocenters. The SMILES string of the molecule is Cc1cc2c(c(C)c1C)c(=O)c(C(=O)O)c(C)n2C.[Y]. The number of carboxylic acids is 1. The second kappa shape index (κ2) is 5.78. The molecule has 0 aliphatic rings. The first-order chi connectivity index (χ1) is 8.77. The zero-order chi connectivity index (χ0) is 14.5. The monoisotopic (exact) mass is 348 g/mol. The van der Waals surface area contributed by atoms with Gasteiger partial charge < -0.3 is 9.67 Å². The van der Waals surface area contributed by atoms with Crippen LogP contribution < -0.4 is 5.43 Å². The summed E-state index contributed by atoms with van der Waals surface area (Å²) in [6.45, 7) is 7.47. The molecule has 5 heteroatoms. The first-order valence-corrected chi connectivity index (χ1v) is 6.10. The number of aromatic nitrogens is 1. The van der Waals surface area contributed by atoms with Crippen LogP contribution in [0, 0.1) is 27.7 Å². The standard InChI is InChI=1S/C15H17NO3.Y/c1-7-6-11-12(9(3)8(7)2)14(17)13(15(18)19)10(4)16(11)5;/h6H,1-5H3,(H,18,19);. The maximum absolute atomic E-state index is 12.4. The Morgan fingerprint density at radius 1 is 1.15 bits per heavy atom. The van der Waals surface area contributed by atoms with Crippen molar-refractivity contribution >= 4 is 16.9 Å². The van der Waals surface area contributed by atoms with Crippen LogP contribution in [0.15, 0.2) is 10.9 Å². The zero-order valence-corrected chi connectivity index (χ0v) is 15.2. The summed E-state index contributed by atoms with van der Waals surface area (Å²) in [6.07, 6.45) is 0. The second-order valence-electron chi connectivity index (χ2n) is 4.99. The van der Waals surface area contributed by atoms with Gasteiger partial charge in [0, 0.05) is 50.8 Å². The van der Waals surface area contributed by atoms with Crippen molar-refractivity contribution in [3.8, 4) is 0 Å². The van der Waals surface area contributed by atoms with Crippen molar-refractivity contribution in [3.63, 3.8) is 0 Å². The summed E-state index contributed by atoms with van der Waals surface area (Å²) in [7, 11) is 1.79. The minimum Gasteiger partial charge on any atom is -0.477 e. The molecule has 0 saturated heterocycles. The van der Waals surface area contributed by atoms with E-state index >= 15 is 0 Å². The third-order valence-electron chi connectivity index (χ3n) is 4.03. The summed E-state index contributed by atoms with van der Waals surface area (Å²) in [5, 5.41) is 9.74. The molecule has 1 N–H and O–H groups in total. The van der Waals surface area contributed by atoms with Gasteiger partial charge in [0.2, 0.25) is 5.43 Å². The summed E-state index contributed by atoms with van der Waals surface area (Å²) in [5.74, 6) is -1.17. The van der Waals surface area contributed by atoms with Gasteiger partial charge in [0.05, 0.1) is 5.52 Å². The molecule has 1 heterocycles. The summed E-state index contributed by atoms with van der Waals surface area (Å²) in [5.41, 5.74) is 3.73. The number of aryl methyl sites for hydroxylation is 3. The average molecular weight is 348 g/mol. The smallest absolute Gasteiger partial charge is 0.341 e. The summed E-state index contributed by atoms with van der Waals surface area (Å²) < 4.78 is 1.78. The Hall–Kier alpha value is -0.996. The predicted molar refractivity (Wildman–Crippen MR) is 75.1 cm³/mol. The quantitative estimate of drug-likeness (QED) is 0.861. The molecule has 0 bridgehead atoms. The van der Waals surface area contributed by atoms with Crippen LogP contribution in [0.1, 0.15) is 32.7 Å². The van der Waals surface area contributed by atoms with Crippen molar-refractivity contribution in [1.29, 1.82) is 0 Å². The molecular weight excluding hydrogens is 331 g/mol. The molecule has 0 amide bonds. The number of fused-ring (bicyclic) bond motifs is 1. The summed E-state index contributed by atoms with van der Waals surface area (Å²) in [4.78, 5) is 23.7. The number of aromatic carboxylic acids is 1. The fourth-order valence-corrected chi connectivity index (χ4v) is 2.50. The fourth-order valence-electron chi connectivity index (χ4n) is 2.50. The van der Waals surface area contributed by atoms with Crippen molar-refractivity contribution in [2.24, 2.45) is 7.05 Å². The van der Waals surface area contributed by atoms with E-state index in [1.54, 1.807) is 18.5 Å². The molecule has 2 aromatic rings. The van der Waals surface area contributed by atoms with E-state index in [2.05, 4.69) is 0 Å². The molecular formula is C15H17NO3Y. The molecule has 0 atom stereocenters. The number of hydrogen-bond acceptors (Lipinski definition) is 2. The van der Waals surface area contributed by atoms with E-state index in [0.29, 0.717) is 11.1 Å². The molecule has 1 radical (unpaired) electrons. The fraction of sp³-hybridized carbons (Fsp3) is 0.333. The van der Waals surface area contributed by atoms with Gasteiger partial charge in [0.25, 0.3) is 0 Å². The molecule has 0 aliphatic heterocycles. The number of hydrogen-bond donors (Lipinski definition) is 1. The minimum absolute atomic E-state index is 0. The Balaban J connectivity index is 0.00000200. The molecule has 0 saturated carbocycles. The molecule has 0 aliphatic carbocycles. The largest absolute Gasteiger partial charge is 0.477 e. The van der Waals surface area contributed by atoms with Crippen LogP contribution in [-0.2, 0) is 39.8 Å². The Morgan fingerprint density at radius 2 is 1.70 bits per heavy atom. The van der Waals surface area contributed by atoms with Gasteiger partial charge >= 0.3 is 5.97 Å². The molecule has 4 nitrogen and oxygen atoms in total. The van der Waals surface area contributed by atoms with Crippen molar-refractivity contribution in [2.75, 3.05) is 0 Å². The first kappa shape index (κ1) is 17.1. The van der Waals surface area contributed by atoms with Gasteiger partial charge in [-0.1, -0.05) is 0 Å². The minimum atomic E-state index is -1.17. The first-order valence-electron chi connectivity index (χ1n) is 6.10. The molecule has 103 valence electrons. The van der Waals surface area contributed by atoms with Crippen molar-refractivity contribution < 1.29 is 42.6 Å². The molecule has 20 heavy (non-hydrogen) atoms. The van der Waals surface area contributed by atoms with E-state index in [1.807, 2.05) is 26.8 Å². The van der Waals surface area contributed by atoms with Crippen molar-refractivity contribution in [1.82, 2.24) is 4.57 Å². The molecule has 1 aromatic heterocycles. The van der Waals surface area contributed by atoms with Gasteiger partial charge in [0.1, 0.15) is 5.56 Å². The van der Waals surface area contributed by atoms with Gasteiger partial charge in [-0.25, -0.2) is 4.79 Å². The Labute approximate surface area is 142 Å². The number of benzene rings is 1. The topological polar surface area (TPSA) is 59.3 Å². The average Bonchev–Trinajstić information content (AvgIpc) is 2.32. The molecule has 0 fully saturated rings.